The number of hydrogen-bond acceptors (Lipinski definition) is 2. The van der Waals surface area contributed by atoms with E-state index >= 15 is 0 Å². The van der Waals surface area contributed by atoms with Gasteiger partial charge in [0.2, 0.25) is 0 Å². The quantitative estimate of drug-likeness (QED) is 0.763. The largest absolute Gasteiger partial charge is 0.316 e. The molecule has 0 aromatic carbocycles. The van der Waals surface area contributed by atoms with E-state index in [-0.39, 0.29) is 0 Å². The lowest BCUT2D eigenvalue weighted by Gasteiger charge is -2.30. The summed E-state index contributed by atoms with van der Waals surface area (Å²) in [5.74, 6) is 0.707. The highest BCUT2D eigenvalue weighted by atomic mass is 79.9. The second kappa shape index (κ2) is 8.01. The van der Waals surface area contributed by atoms with Gasteiger partial charge < -0.3 is 5.32 Å². The SMILES string of the molecule is CCCC(C)(CNCC(C)C)Cc1cncc(Br)c1. The van der Waals surface area contributed by atoms with Gasteiger partial charge in [0.15, 0.2) is 0 Å². The summed E-state index contributed by atoms with van der Waals surface area (Å²) < 4.78 is 1.07. The molecule has 0 fully saturated rings. The zero-order chi connectivity index (χ0) is 14.3. The van der Waals surface area contributed by atoms with Crippen molar-refractivity contribution >= 4 is 15.9 Å². The monoisotopic (exact) mass is 326 g/mol. The lowest BCUT2D eigenvalue weighted by Crippen LogP contribution is -2.35. The number of halogens is 1. The van der Waals surface area contributed by atoms with Crippen LogP contribution in [-0.2, 0) is 6.42 Å². The van der Waals surface area contributed by atoms with Crippen LogP contribution in [0.1, 0.15) is 46.1 Å². The number of pyridine rings is 1. The Labute approximate surface area is 126 Å². The molecule has 108 valence electrons. The number of aromatic nitrogens is 1. The van der Waals surface area contributed by atoms with Crippen LogP contribution >= 0.6 is 15.9 Å². The average molecular weight is 327 g/mol. The van der Waals surface area contributed by atoms with Crippen molar-refractivity contribution in [3.8, 4) is 0 Å². The highest BCUT2D eigenvalue weighted by Gasteiger charge is 2.23. The van der Waals surface area contributed by atoms with Crippen molar-refractivity contribution in [2.75, 3.05) is 13.1 Å². The molecule has 0 bridgehead atoms. The second-order valence-corrected chi connectivity index (χ2v) is 7.19. The number of rotatable bonds is 8. The summed E-state index contributed by atoms with van der Waals surface area (Å²) in [4.78, 5) is 4.27. The topological polar surface area (TPSA) is 24.9 Å². The maximum Gasteiger partial charge on any atom is 0.0410 e. The van der Waals surface area contributed by atoms with Crippen LogP contribution in [-0.4, -0.2) is 18.1 Å². The van der Waals surface area contributed by atoms with E-state index in [2.05, 4.69) is 60.0 Å². The Morgan fingerprint density at radius 3 is 2.68 bits per heavy atom. The maximum absolute atomic E-state index is 4.27. The van der Waals surface area contributed by atoms with Crippen molar-refractivity contribution in [3.05, 3.63) is 28.5 Å². The predicted octanol–water partition coefficient (Wildman–Crippen LogP) is 4.44. The summed E-state index contributed by atoms with van der Waals surface area (Å²) in [6.45, 7) is 11.3. The normalized spacial score (nSPS) is 14.6. The maximum atomic E-state index is 4.27. The fraction of sp³-hybridized carbons (Fsp3) is 0.688. The van der Waals surface area contributed by atoms with Gasteiger partial charge in [0, 0.05) is 23.4 Å². The Morgan fingerprint density at radius 2 is 2.11 bits per heavy atom. The van der Waals surface area contributed by atoms with Gasteiger partial charge >= 0.3 is 0 Å². The Kier molecular flexibility index (Phi) is 7.01. The lowest BCUT2D eigenvalue weighted by molar-refractivity contribution is 0.270. The smallest absolute Gasteiger partial charge is 0.0410 e. The van der Waals surface area contributed by atoms with E-state index in [1.807, 2.05) is 12.4 Å². The standard InChI is InChI=1S/C16H27BrN2/c1-5-6-16(4,12-19-9-13(2)3)8-14-7-15(17)11-18-10-14/h7,10-11,13,19H,5-6,8-9,12H2,1-4H3. The highest BCUT2D eigenvalue weighted by molar-refractivity contribution is 9.10. The Bertz CT molecular complexity index is 379. The lowest BCUT2D eigenvalue weighted by atomic mass is 9.80. The van der Waals surface area contributed by atoms with Gasteiger partial charge in [0.1, 0.15) is 0 Å². The van der Waals surface area contributed by atoms with Crippen LogP contribution in [0.5, 0.6) is 0 Å². The van der Waals surface area contributed by atoms with Crippen LogP contribution in [0.25, 0.3) is 0 Å². The molecule has 1 aromatic rings. The van der Waals surface area contributed by atoms with Crippen molar-refractivity contribution in [3.63, 3.8) is 0 Å². The van der Waals surface area contributed by atoms with Crippen molar-refractivity contribution in [1.29, 1.82) is 0 Å². The fourth-order valence-electron chi connectivity index (χ4n) is 2.55. The molecule has 1 atom stereocenters. The fourth-order valence-corrected chi connectivity index (χ4v) is 2.96. The van der Waals surface area contributed by atoms with Gasteiger partial charge in [-0.05, 0) is 58.3 Å². The molecular formula is C16H27BrN2. The van der Waals surface area contributed by atoms with Gasteiger partial charge in [0.25, 0.3) is 0 Å². The minimum Gasteiger partial charge on any atom is -0.316 e. The van der Waals surface area contributed by atoms with Crippen LogP contribution in [0.2, 0.25) is 0 Å². The first-order valence-corrected chi connectivity index (χ1v) is 8.04. The number of hydrogen-bond donors (Lipinski definition) is 1. The van der Waals surface area contributed by atoms with E-state index in [9.17, 15) is 0 Å². The molecule has 0 radical (unpaired) electrons. The molecule has 0 aliphatic rings. The number of nitrogens with zero attached hydrogens (tertiary/aromatic N) is 1. The molecule has 1 heterocycles. The first-order valence-electron chi connectivity index (χ1n) is 7.25. The molecular weight excluding hydrogens is 300 g/mol. The molecule has 1 unspecified atom stereocenters. The molecule has 0 aliphatic carbocycles. The molecule has 0 spiro atoms. The summed E-state index contributed by atoms with van der Waals surface area (Å²) in [5.41, 5.74) is 1.63. The summed E-state index contributed by atoms with van der Waals surface area (Å²) in [5, 5.41) is 3.61. The van der Waals surface area contributed by atoms with Crippen LogP contribution in [0, 0.1) is 11.3 Å². The van der Waals surface area contributed by atoms with Crippen molar-refractivity contribution in [1.82, 2.24) is 10.3 Å². The Morgan fingerprint density at radius 1 is 1.37 bits per heavy atom. The predicted molar refractivity (Wildman–Crippen MR) is 86.4 cm³/mol. The average Bonchev–Trinajstić information content (AvgIpc) is 2.28. The third kappa shape index (κ3) is 6.53. The van der Waals surface area contributed by atoms with Crippen molar-refractivity contribution < 1.29 is 0 Å². The third-order valence-corrected chi connectivity index (χ3v) is 3.78. The van der Waals surface area contributed by atoms with Gasteiger partial charge in [0.05, 0.1) is 0 Å². The van der Waals surface area contributed by atoms with Crippen molar-refractivity contribution in [2.24, 2.45) is 11.3 Å². The molecule has 0 aliphatic heterocycles. The van der Waals surface area contributed by atoms with Gasteiger partial charge in [-0.15, -0.1) is 0 Å². The molecule has 19 heavy (non-hydrogen) atoms. The van der Waals surface area contributed by atoms with Gasteiger partial charge in [-0.3, -0.25) is 4.98 Å². The van der Waals surface area contributed by atoms with Crippen LogP contribution in [0.4, 0.5) is 0 Å². The molecule has 1 rings (SSSR count). The van der Waals surface area contributed by atoms with E-state index < -0.39 is 0 Å². The first kappa shape index (κ1) is 16.6. The number of nitrogens with one attached hydrogen (secondary N) is 1. The third-order valence-electron chi connectivity index (χ3n) is 3.35. The molecule has 0 amide bonds. The Hall–Kier alpha value is -0.410. The van der Waals surface area contributed by atoms with Crippen LogP contribution < -0.4 is 5.32 Å². The van der Waals surface area contributed by atoms with Crippen molar-refractivity contribution in [2.45, 2.75) is 47.0 Å². The zero-order valence-electron chi connectivity index (χ0n) is 12.7. The molecule has 0 saturated carbocycles. The summed E-state index contributed by atoms with van der Waals surface area (Å²) in [6.07, 6.45) is 7.38. The molecule has 2 nitrogen and oxygen atoms in total. The van der Waals surface area contributed by atoms with Gasteiger partial charge in [-0.2, -0.15) is 0 Å². The van der Waals surface area contributed by atoms with Crippen LogP contribution in [0.3, 0.4) is 0 Å². The van der Waals surface area contributed by atoms with E-state index in [0.29, 0.717) is 11.3 Å². The minimum atomic E-state index is 0.312. The van der Waals surface area contributed by atoms with E-state index in [0.717, 1.165) is 24.0 Å². The molecule has 1 aromatic heterocycles. The highest BCUT2D eigenvalue weighted by Crippen LogP contribution is 2.28. The summed E-state index contributed by atoms with van der Waals surface area (Å²) >= 11 is 3.50. The minimum absolute atomic E-state index is 0.312. The summed E-state index contributed by atoms with van der Waals surface area (Å²) in [7, 11) is 0. The Balaban J connectivity index is 2.64. The summed E-state index contributed by atoms with van der Waals surface area (Å²) in [6, 6.07) is 2.18. The molecule has 3 heteroatoms. The van der Waals surface area contributed by atoms with Crippen LogP contribution in [0.15, 0.2) is 22.9 Å². The molecule has 1 N–H and O–H groups in total. The second-order valence-electron chi connectivity index (χ2n) is 6.27. The van der Waals surface area contributed by atoms with E-state index in [1.165, 1.54) is 18.4 Å². The first-order chi connectivity index (χ1) is 8.95. The zero-order valence-corrected chi connectivity index (χ0v) is 14.3. The van der Waals surface area contributed by atoms with Gasteiger partial charge in [-0.1, -0.05) is 34.1 Å². The van der Waals surface area contributed by atoms with Gasteiger partial charge in [-0.25, -0.2) is 0 Å². The van der Waals surface area contributed by atoms with E-state index in [4.69, 9.17) is 0 Å². The molecule has 0 saturated heterocycles. The van der Waals surface area contributed by atoms with E-state index in [1.54, 1.807) is 0 Å².